The van der Waals surface area contributed by atoms with Crippen molar-refractivity contribution in [3.8, 4) is 0 Å². The van der Waals surface area contributed by atoms with E-state index >= 15 is 0 Å². The lowest BCUT2D eigenvalue weighted by molar-refractivity contribution is -0.106. The van der Waals surface area contributed by atoms with Gasteiger partial charge in [-0.05, 0) is 30.4 Å². The lowest BCUT2D eigenvalue weighted by Crippen LogP contribution is -2.38. The highest BCUT2D eigenvalue weighted by Crippen LogP contribution is 2.41. The van der Waals surface area contributed by atoms with E-state index in [0.29, 0.717) is 6.42 Å². The van der Waals surface area contributed by atoms with E-state index in [1.807, 2.05) is 30.3 Å². The van der Waals surface area contributed by atoms with Crippen LogP contribution in [0.15, 0.2) is 30.3 Å². The molecule has 2 aliphatic heterocycles. The lowest BCUT2D eigenvalue weighted by atomic mass is 9.90. The molecule has 0 radical (unpaired) electrons. The van der Waals surface area contributed by atoms with E-state index in [1.54, 1.807) is 14.2 Å². The Hall–Kier alpha value is -1.17. The van der Waals surface area contributed by atoms with Crippen molar-refractivity contribution in [1.29, 1.82) is 0 Å². The zero-order chi connectivity index (χ0) is 15.7. The molecular weight excluding hydrogens is 300 g/mol. The Kier molecular flexibility index (Phi) is 4.39. The first-order valence-electron chi connectivity index (χ1n) is 7.66. The second-order valence-corrected chi connectivity index (χ2v) is 8.42. The fraction of sp³-hybridized carbons (Fsp3) is 0.529. The molecule has 1 aromatic carbocycles. The van der Waals surface area contributed by atoms with Crippen molar-refractivity contribution in [2.75, 3.05) is 14.2 Å². The van der Waals surface area contributed by atoms with Gasteiger partial charge in [-0.1, -0.05) is 36.8 Å². The van der Waals surface area contributed by atoms with Crippen molar-refractivity contribution >= 4 is 15.4 Å². The number of fused-ring (bicyclic) bond motifs is 2. The van der Waals surface area contributed by atoms with Gasteiger partial charge in [-0.3, -0.25) is 0 Å². The van der Waals surface area contributed by atoms with E-state index in [0.717, 1.165) is 36.0 Å². The minimum atomic E-state index is -2.99. The van der Waals surface area contributed by atoms with Crippen molar-refractivity contribution in [3.63, 3.8) is 0 Å². The highest BCUT2D eigenvalue weighted by molar-refractivity contribution is 7.93. The van der Waals surface area contributed by atoms with Crippen LogP contribution >= 0.6 is 0 Å². The van der Waals surface area contributed by atoms with Crippen molar-refractivity contribution in [2.45, 2.75) is 42.5 Å². The summed E-state index contributed by atoms with van der Waals surface area (Å²) in [4.78, 5) is 0. The van der Waals surface area contributed by atoms with Gasteiger partial charge in [0.2, 0.25) is 0 Å². The average Bonchev–Trinajstić information content (AvgIpc) is 2.48. The highest BCUT2D eigenvalue weighted by Gasteiger charge is 2.40. The van der Waals surface area contributed by atoms with Gasteiger partial charge in [0.25, 0.3) is 0 Å². The number of benzene rings is 1. The van der Waals surface area contributed by atoms with Gasteiger partial charge in [-0.2, -0.15) is 0 Å². The van der Waals surface area contributed by atoms with Crippen LogP contribution in [0.2, 0.25) is 0 Å². The smallest absolute Gasteiger partial charge is 0.183 e. The van der Waals surface area contributed by atoms with Gasteiger partial charge < -0.3 is 9.47 Å². The van der Waals surface area contributed by atoms with Gasteiger partial charge >= 0.3 is 0 Å². The molecule has 4 nitrogen and oxygen atoms in total. The number of ether oxygens (including phenoxy) is 2. The molecule has 1 saturated heterocycles. The Morgan fingerprint density at radius 1 is 1.14 bits per heavy atom. The third kappa shape index (κ3) is 2.62. The third-order valence-corrected chi connectivity index (χ3v) is 7.27. The summed E-state index contributed by atoms with van der Waals surface area (Å²) >= 11 is 0. The molecular formula is C17H22O4S. The van der Waals surface area contributed by atoms with Gasteiger partial charge in [-0.15, -0.1) is 0 Å². The van der Waals surface area contributed by atoms with Crippen LogP contribution in [0.25, 0.3) is 5.57 Å². The number of sulfone groups is 1. The summed E-state index contributed by atoms with van der Waals surface area (Å²) in [5, 5.41) is -0.561. The Balaban J connectivity index is 2.04. The van der Waals surface area contributed by atoms with Crippen LogP contribution in [0.1, 0.15) is 43.1 Å². The van der Waals surface area contributed by atoms with Crippen molar-refractivity contribution < 1.29 is 17.9 Å². The van der Waals surface area contributed by atoms with Gasteiger partial charge in [0.15, 0.2) is 16.1 Å². The van der Waals surface area contributed by atoms with E-state index in [2.05, 4.69) is 0 Å². The van der Waals surface area contributed by atoms with Gasteiger partial charge in [0.05, 0.1) is 10.5 Å². The van der Waals surface area contributed by atoms with Crippen LogP contribution < -0.4 is 0 Å². The summed E-state index contributed by atoms with van der Waals surface area (Å²) in [5.74, 6) is 0. The number of hydrogen-bond acceptors (Lipinski definition) is 4. The third-order valence-electron chi connectivity index (χ3n) is 4.72. The summed E-state index contributed by atoms with van der Waals surface area (Å²) in [6.45, 7) is 0. The van der Waals surface area contributed by atoms with Gasteiger partial charge in [0, 0.05) is 19.8 Å². The van der Waals surface area contributed by atoms with E-state index in [-0.39, 0.29) is 10.5 Å². The SMILES string of the molecule is COC(OC)c1ccccc1C1=CC2CCCC(C1)S2(=O)=O. The molecule has 1 fully saturated rings. The molecule has 0 spiro atoms. The molecule has 0 saturated carbocycles. The van der Waals surface area contributed by atoms with Crippen LogP contribution in [-0.4, -0.2) is 33.1 Å². The summed E-state index contributed by atoms with van der Waals surface area (Å²) in [5.41, 5.74) is 3.11. The topological polar surface area (TPSA) is 52.6 Å². The maximum Gasteiger partial charge on any atom is 0.183 e. The van der Waals surface area contributed by atoms with Crippen LogP contribution in [0.3, 0.4) is 0 Å². The van der Waals surface area contributed by atoms with Crippen molar-refractivity contribution in [1.82, 2.24) is 0 Å². The quantitative estimate of drug-likeness (QED) is 0.799. The van der Waals surface area contributed by atoms with E-state index < -0.39 is 16.1 Å². The second kappa shape index (κ2) is 6.14. The number of hydrogen-bond donors (Lipinski definition) is 0. The molecule has 2 aliphatic rings. The zero-order valence-electron chi connectivity index (χ0n) is 13.0. The summed E-state index contributed by atoms with van der Waals surface area (Å²) < 4.78 is 35.6. The maximum atomic E-state index is 12.4. The first kappa shape index (κ1) is 15.7. The van der Waals surface area contributed by atoms with Crippen LogP contribution in [0.5, 0.6) is 0 Å². The molecule has 120 valence electrons. The zero-order valence-corrected chi connectivity index (χ0v) is 13.8. The largest absolute Gasteiger partial charge is 0.352 e. The molecule has 0 aromatic heterocycles. The van der Waals surface area contributed by atoms with Gasteiger partial charge in [-0.25, -0.2) is 8.42 Å². The lowest BCUT2D eigenvalue weighted by Gasteiger charge is -2.34. The monoisotopic (exact) mass is 322 g/mol. The minimum absolute atomic E-state index is 0.233. The normalized spacial score (nSPS) is 26.8. The Bertz CT molecular complexity index is 674. The first-order valence-corrected chi connectivity index (χ1v) is 9.27. The molecule has 2 unspecified atom stereocenters. The van der Waals surface area contributed by atoms with Crippen LogP contribution in [0, 0.1) is 0 Å². The molecule has 2 bridgehead atoms. The minimum Gasteiger partial charge on any atom is -0.352 e. The molecule has 1 aromatic rings. The molecule has 2 heterocycles. The number of rotatable bonds is 4. The first-order chi connectivity index (χ1) is 10.6. The number of methoxy groups -OCH3 is 2. The molecule has 2 atom stereocenters. The molecule has 3 rings (SSSR count). The molecule has 22 heavy (non-hydrogen) atoms. The van der Waals surface area contributed by atoms with Crippen LogP contribution in [-0.2, 0) is 19.3 Å². The second-order valence-electron chi connectivity index (χ2n) is 5.97. The van der Waals surface area contributed by atoms with Crippen LogP contribution in [0.4, 0.5) is 0 Å². The van der Waals surface area contributed by atoms with Crippen molar-refractivity contribution in [3.05, 3.63) is 41.5 Å². The maximum absolute atomic E-state index is 12.4. The summed E-state index contributed by atoms with van der Waals surface area (Å²) in [7, 11) is 0.231. The fourth-order valence-corrected chi connectivity index (χ4v) is 5.85. The molecule has 5 heteroatoms. The molecule has 0 amide bonds. The highest BCUT2D eigenvalue weighted by atomic mass is 32.2. The fourth-order valence-electron chi connectivity index (χ4n) is 3.60. The number of allylic oxidation sites excluding steroid dienone is 1. The van der Waals surface area contributed by atoms with E-state index in [9.17, 15) is 8.42 Å². The predicted molar refractivity (Wildman–Crippen MR) is 86.1 cm³/mol. The Morgan fingerprint density at radius 3 is 2.55 bits per heavy atom. The Labute approximate surface area is 132 Å². The average molecular weight is 322 g/mol. The predicted octanol–water partition coefficient (Wildman–Crippen LogP) is 3.10. The van der Waals surface area contributed by atoms with Gasteiger partial charge in [0.1, 0.15) is 0 Å². The molecule has 0 N–H and O–H groups in total. The Morgan fingerprint density at radius 2 is 1.86 bits per heavy atom. The molecule has 0 aliphatic carbocycles. The van der Waals surface area contributed by atoms with E-state index in [1.165, 1.54) is 0 Å². The van der Waals surface area contributed by atoms with E-state index in [4.69, 9.17) is 9.47 Å². The standard InChI is InChI=1S/C17H22O4S/c1-20-17(21-2)16-9-4-3-8-15(16)12-10-13-6-5-7-14(11-12)22(13,18)19/h3-4,8-10,13-14,17H,5-7,11H2,1-2H3. The summed E-state index contributed by atoms with van der Waals surface area (Å²) in [6, 6.07) is 7.93. The van der Waals surface area contributed by atoms with Crippen molar-refractivity contribution in [2.24, 2.45) is 0 Å². The summed E-state index contributed by atoms with van der Waals surface area (Å²) in [6.07, 6.45) is 4.62.